The maximum atomic E-state index is 14.7. The molecule has 36 heavy (non-hydrogen) atoms. The van der Waals surface area contributed by atoms with Crippen LogP contribution in [0.1, 0.15) is 44.2 Å². The smallest absolute Gasteiger partial charge is 0.332 e. The molecule has 1 saturated carbocycles. The third-order valence-corrected chi connectivity index (χ3v) is 7.47. The Balaban J connectivity index is 1.67. The van der Waals surface area contributed by atoms with Gasteiger partial charge in [0, 0.05) is 29.5 Å². The molecule has 3 aromatic rings. The van der Waals surface area contributed by atoms with Gasteiger partial charge in [-0.05, 0) is 55.5 Å². The van der Waals surface area contributed by atoms with Crippen LogP contribution in [0.3, 0.4) is 0 Å². The molecule has 0 unspecified atom stereocenters. The van der Waals surface area contributed by atoms with E-state index in [1.807, 2.05) is 0 Å². The van der Waals surface area contributed by atoms with Gasteiger partial charge in [0.05, 0.1) is 24.7 Å². The second-order valence-corrected chi connectivity index (χ2v) is 11.1. The Bertz CT molecular complexity index is 1380. The Morgan fingerprint density at radius 2 is 2.08 bits per heavy atom. The molecule has 1 aromatic carbocycles. The third kappa shape index (κ3) is 5.68. The molecule has 2 amide bonds. The van der Waals surface area contributed by atoms with Gasteiger partial charge in [-0.25, -0.2) is 27.9 Å². The molecule has 192 valence electrons. The van der Waals surface area contributed by atoms with Crippen molar-refractivity contribution in [3.05, 3.63) is 59.7 Å². The van der Waals surface area contributed by atoms with Gasteiger partial charge in [-0.3, -0.25) is 0 Å². The number of nitrogens with zero attached hydrogens (tertiary/aromatic N) is 1. The monoisotopic (exact) mass is 516 g/mol. The number of amides is 2. The second kappa shape index (κ2) is 9.90. The van der Waals surface area contributed by atoms with Crippen molar-refractivity contribution in [1.82, 2.24) is 9.71 Å². The van der Waals surface area contributed by atoms with E-state index in [0.717, 1.165) is 19.3 Å². The molecule has 0 saturated heterocycles. The van der Waals surface area contributed by atoms with Gasteiger partial charge in [-0.2, -0.15) is 0 Å². The number of hydrogen-bond donors (Lipinski definition) is 4. The molecule has 0 spiro atoms. The first kappa shape index (κ1) is 25.6. The van der Waals surface area contributed by atoms with E-state index in [9.17, 15) is 18.5 Å². The van der Waals surface area contributed by atoms with Crippen molar-refractivity contribution < 1.29 is 27.7 Å². The maximum Gasteiger partial charge on any atom is 0.332 e. The van der Waals surface area contributed by atoms with E-state index in [0.29, 0.717) is 46.2 Å². The minimum atomic E-state index is -3.89. The lowest BCUT2D eigenvalue weighted by Gasteiger charge is -2.27. The number of halogens is 1. The molecule has 0 bridgehead atoms. The van der Waals surface area contributed by atoms with E-state index in [4.69, 9.17) is 13.9 Å². The van der Waals surface area contributed by atoms with E-state index in [-0.39, 0.29) is 5.09 Å². The number of aliphatic hydroxyl groups is 1. The first-order valence-corrected chi connectivity index (χ1v) is 13.0. The minimum absolute atomic E-state index is 0.303. The Morgan fingerprint density at radius 3 is 2.69 bits per heavy atom. The Morgan fingerprint density at radius 1 is 1.33 bits per heavy atom. The number of rotatable bonds is 8. The Hall–Kier alpha value is -3.44. The summed E-state index contributed by atoms with van der Waals surface area (Å²) < 4.78 is 48.4. The number of aromatic nitrogens is 1. The van der Waals surface area contributed by atoms with Gasteiger partial charge in [0.15, 0.2) is 9.92 Å². The summed E-state index contributed by atoms with van der Waals surface area (Å²) in [5.41, 5.74) is 0.957. The van der Waals surface area contributed by atoms with Crippen LogP contribution >= 0.6 is 0 Å². The topological polar surface area (TPSA) is 138 Å². The fourth-order valence-electron chi connectivity index (χ4n) is 4.00. The van der Waals surface area contributed by atoms with Crippen LogP contribution in [0.25, 0.3) is 11.1 Å². The summed E-state index contributed by atoms with van der Waals surface area (Å²) in [5, 5.41) is 12.5. The zero-order valence-electron chi connectivity index (χ0n) is 20.3. The molecule has 2 aromatic heterocycles. The number of ether oxygens (including phenoxy) is 1. The summed E-state index contributed by atoms with van der Waals surface area (Å²) >= 11 is 0. The molecule has 2 heterocycles. The lowest BCUT2D eigenvalue weighted by Crippen LogP contribution is -2.34. The van der Waals surface area contributed by atoms with Crippen LogP contribution in [0.2, 0.25) is 0 Å². The highest BCUT2D eigenvalue weighted by molar-refractivity contribution is 7.91. The molecule has 0 aliphatic heterocycles. The number of carbonyl (C=O) groups is 1. The highest BCUT2D eigenvalue weighted by atomic mass is 32.2. The minimum Gasteiger partial charge on any atom is -0.481 e. The number of pyridine rings is 1. The lowest BCUT2D eigenvalue weighted by molar-refractivity contribution is 0.0779. The van der Waals surface area contributed by atoms with Gasteiger partial charge in [-0.15, -0.1) is 0 Å². The van der Waals surface area contributed by atoms with E-state index >= 15 is 0 Å². The van der Waals surface area contributed by atoms with Gasteiger partial charge in [0.2, 0.25) is 11.0 Å². The quantitative estimate of drug-likeness (QED) is 0.325. The Labute approximate surface area is 209 Å². The van der Waals surface area contributed by atoms with Crippen LogP contribution in [0.4, 0.5) is 14.9 Å². The molecule has 1 aliphatic carbocycles. The molecule has 11 heteroatoms. The molecular formula is C25H29FN4O5S. The molecule has 1 fully saturated rings. The van der Waals surface area contributed by atoms with Crippen molar-refractivity contribution >= 4 is 21.6 Å². The van der Waals surface area contributed by atoms with Crippen LogP contribution in [0.5, 0.6) is 5.88 Å². The van der Waals surface area contributed by atoms with Crippen LogP contribution in [0, 0.1) is 16.5 Å². The van der Waals surface area contributed by atoms with Crippen molar-refractivity contribution in [2.45, 2.75) is 50.2 Å². The number of furan rings is 1. The first-order chi connectivity index (χ1) is 17.0. The molecule has 9 nitrogen and oxygen atoms in total. The SMILES string of the molecule is COc1cc(-c2cc(F)cc(CC3CCC3)c2NC(=O)N[S@@](=N)(=O)c2cc(C(C)(C)O)co2)ccn1. The number of anilines is 1. The third-order valence-electron chi connectivity index (χ3n) is 6.21. The standard InChI is InChI=1S/C25H29FN4O5S/c1-25(2,32)18-12-22(35-14-18)36(27,33)30-24(31)29-23-17(9-15-5-4-6-15)10-19(26)13-20(23)16-7-8-28-21(11-16)34-3/h7-8,10-15,32H,4-6,9H2,1-3H3,(H3,27,29,30,31,33)/t36-/m1/s1. The highest BCUT2D eigenvalue weighted by Gasteiger charge is 2.26. The average molecular weight is 517 g/mol. The summed E-state index contributed by atoms with van der Waals surface area (Å²) in [5.74, 6) is 0.237. The molecule has 1 atom stereocenters. The number of nitrogens with one attached hydrogen (secondary N) is 3. The van der Waals surface area contributed by atoms with Gasteiger partial charge in [0.1, 0.15) is 5.82 Å². The largest absolute Gasteiger partial charge is 0.481 e. The van der Waals surface area contributed by atoms with E-state index in [1.165, 1.54) is 51.6 Å². The fraction of sp³-hybridized carbons (Fsp3) is 0.360. The number of benzene rings is 1. The van der Waals surface area contributed by atoms with Crippen molar-refractivity contribution in [3.8, 4) is 17.0 Å². The van der Waals surface area contributed by atoms with Gasteiger partial charge in [0.25, 0.3) is 0 Å². The van der Waals surface area contributed by atoms with Crippen LogP contribution in [-0.4, -0.2) is 27.4 Å². The van der Waals surface area contributed by atoms with Crippen molar-refractivity contribution in [2.24, 2.45) is 5.92 Å². The normalized spacial score (nSPS) is 15.6. The van der Waals surface area contributed by atoms with Gasteiger partial charge in [-0.1, -0.05) is 19.3 Å². The average Bonchev–Trinajstić information content (AvgIpc) is 3.29. The first-order valence-electron chi connectivity index (χ1n) is 11.5. The number of urea groups is 1. The van der Waals surface area contributed by atoms with Crippen LogP contribution in [-0.2, 0) is 21.9 Å². The summed E-state index contributed by atoms with van der Waals surface area (Å²) in [6, 6.07) is 6.33. The highest BCUT2D eigenvalue weighted by Crippen LogP contribution is 2.38. The predicted molar refractivity (Wildman–Crippen MR) is 132 cm³/mol. The van der Waals surface area contributed by atoms with Crippen LogP contribution < -0.4 is 14.8 Å². The van der Waals surface area contributed by atoms with Crippen molar-refractivity contribution in [1.29, 1.82) is 4.78 Å². The summed E-state index contributed by atoms with van der Waals surface area (Å²) in [4.78, 5) is 17.1. The van der Waals surface area contributed by atoms with Gasteiger partial charge < -0.3 is 19.6 Å². The molecule has 1 aliphatic rings. The molecule has 0 radical (unpaired) electrons. The van der Waals surface area contributed by atoms with Crippen molar-refractivity contribution in [3.63, 3.8) is 0 Å². The molecular weight excluding hydrogens is 487 g/mol. The van der Waals surface area contributed by atoms with Gasteiger partial charge >= 0.3 is 6.03 Å². The second-order valence-electron chi connectivity index (χ2n) is 9.40. The number of methoxy groups -OCH3 is 1. The summed E-state index contributed by atoms with van der Waals surface area (Å²) in [7, 11) is -2.42. The van der Waals surface area contributed by atoms with E-state index in [1.54, 1.807) is 12.1 Å². The summed E-state index contributed by atoms with van der Waals surface area (Å²) in [6.07, 6.45) is 6.41. The molecule has 4 rings (SSSR count). The fourth-order valence-corrected chi connectivity index (χ4v) is 4.89. The molecule has 4 N–H and O–H groups in total. The van der Waals surface area contributed by atoms with E-state index < -0.39 is 27.4 Å². The number of hydrogen-bond acceptors (Lipinski definition) is 7. The van der Waals surface area contributed by atoms with E-state index in [2.05, 4.69) is 15.0 Å². The predicted octanol–water partition coefficient (Wildman–Crippen LogP) is 5.20. The Kier molecular flexibility index (Phi) is 7.05. The van der Waals surface area contributed by atoms with Crippen molar-refractivity contribution in [2.75, 3.05) is 12.4 Å². The number of carbonyl (C=O) groups excluding carboxylic acids is 1. The zero-order chi connectivity index (χ0) is 26.1. The maximum absolute atomic E-state index is 14.7. The lowest BCUT2D eigenvalue weighted by atomic mass is 9.80. The summed E-state index contributed by atoms with van der Waals surface area (Å²) in [6.45, 7) is 3.03. The zero-order valence-corrected chi connectivity index (χ0v) is 21.1. The van der Waals surface area contributed by atoms with Crippen LogP contribution in [0.15, 0.2) is 52.3 Å².